The highest BCUT2D eigenvalue weighted by Gasteiger charge is 2.23. The molecule has 19 heavy (non-hydrogen) atoms. The predicted molar refractivity (Wildman–Crippen MR) is 74.8 cm³/mol. The largest absolute Gasteiger partial charge is 0.387 e. The summed E-state index contributed by atoms with van der Waals surface area (Å²) in [7, 11) is -1.14. The molecule has 1 saturated carbocycles. The maximum Gasteiger partial charge on any atom is 0.175 e. The van der Waals surface area contributed by atoms with Gasteiger partial charge in [0, 0.05) is 18.8 Å². The van der Waals surface area contributed by atoms with Crippen LogP contribution in [0.25, 0.3) is 0 Å². The van der Waals surface area contributed by atoms with Crippen molar-refractivity contribution in [1.82, 2.24) is 4.90 Å². The summed E-state index contributed by atoms with van der Waals surface area (Å²) in [5.74, 6) is 0. The van der Waals surface area contributed by atoms with E-state index in [1.54, 1.807) is 24.3 Å². The molecule has 0 heterocycles. The second-order valence-electron chi connectivity index (χ2n) is 5.38. The minimum atomic E-state index is -3.17. The molecule has 1 aromatic carbocycles. The van der Waals surface area contributed by atoms with Gasteiger partial charge < -0.3 is 10.0 Å². The van der Waals surface area contributed by atoms with Crippen LogP contribution in [0.3, 0.4) is 0 Å². The SMILES string of the molecule is CN(CC(O)c1ccc(S(C)(=O)=O)cc1)C1CCC1. The Balaban J connectivity index is 2.01. The van der Waals surface area contributed by atoms with E-state index >= 15 is 0 Å². The Bertz CT molecular complexity index is 520. The molecule has 0 aliphatic heterocycles. The van der Waals surface area contributed by atoms with Gasteiger partial charge in [0.2, 0.25) is 0 Å². The van der Waals surface area contributed by atoms with E-state index < -0.39 is 15.9 Å². The second kappa shape index (κ2) is 5.61. The zero-order chi connectivity index (χ0) is 14.0. The number of nitrogens with zero attached hydrogens (tertiary/aromatic N) is 1. The molecule has 0 bridgehead atoms. The van der Waals surface area contributed by atoms with Gasteiger partial charge >= 0.3 is 0 Å². The average molecular weight is 283 g/mol. The van der Waals surface area contributed by atoms with Gasteiger partial charge in [-0.25, -0.2) is 8.42 Å². The fraction of sp³-hybridized carbons (Fsp3) is 0.571. The van der Waals surface area contributed by atoms with Gasteiger partial charge in [-0.05, 0) is 37.6 Å². The highest BCUT2D eigenvalue weighted by Crippen LogP contribution is 2.25. The molecule has 5 heteroatoms. The number of benzene rings is 1. The van der Waals surface area contributed by atoms with E-state index in [0.717, 1.165) is 5.56 Å². The van der Waals surface area contributed by atoms with Gasteiger partial charge in [-0.1, -0.05) is 18.6 Å². The number of aliphatic hydroxyl groups excluding tert-OH is 1. The Morgan fingerprint density at radius 3 is 2.32 bits per heavy atom. The van der Waals surface area contributed by atoms with E-state index in [4.69, 9.17) is 0 Å². The van der Waals surface area contributed by atoms with Crippen molar-refractivity contribution in [2.24, 2.45) is 0 Å². The monoisotopic (exact) mass is 283 g/mol. The Morgan fingerprint density at radius 1 is 1.32 bits per heavy atom. The fourth-order valence-corrected chi connectivity index (χ4v) is 2.92. The molecule has 1 unspecified atom stereocenters. The van der Waals surface area contributed by atoms with Crippen LogP contribution in [0.2, 0.25) is 0 Å². The van der Waals surface area contributed by atoms with Gasteiger partial charge in [0.1, 0.15) is 0 Å². The van der Waals surface area contributed by atoms with Crippen LogP contribution in [-0.4, -0.2) is 44.3 Å². The lowest BCUT2D eigenvalue weighted by Crippen LogP contribution is -2.39. The van der Waals surface area contributed by atoms with Gasteiger partial charge in [0.25, 0.3) is 0 Å². The van der Waals surface area contributed by atoms with Crippen LogP contribution in [-0.2, 0) is 9.84 Å². The second-order valence-corrected chi connectivity index (χ2v) is 7.40. The number of rotatable bonds is 5. The predicted octanol–water partition coefficient (Wildman–Crippen LogP) is 1.61. The van der Waals surface area contributed by atoms with Crippen LogP contribution < -0.4 is 0 Å². The summed E-state index contributed by atoms with van der Waals surface area (Å²) in [5.41, 5.74) is 0.763. The lowest BCUT2D eigenvalue weighted by atomic mass is 9.91. The summed E-state index contributed by atoms with van der Waals surface area (Å²) in [5, 5.41) is 10.2. The third-order valence-electron chi connectivity index (χ3n) is 3.85. The molecule has 1 N–H and O–H groups in total. The molecule has 1 aliphatic carbocycles. The maximum absolute atomic E-state index is 11.4. The third-order valence-corrected chi connectivity index (χ3v) is 4.98. The summed E-state index contributed by atoms with van der Waals surface area (Å²) in [4.78, 5) is 2.47. The van der Waals surface area contributed by atoms with Gasteiger partial charge in [0.05, 0.1) is 11.0 Å². The first-order chi connectivity index (χ1) is 8.88. The zero-order valence-corrected chi connectivity index (χ0v) is 12.2. The summed E-state index contributed by atoms with van der Waals surface area (Å²) in [6, 6.07) is 7.07. The molecule has 106 valence electrons. The maximum atomic E-state index is 11.4. The highest BCUT2D eigenvalue weighted by molar-refractivity contribution is 7.90. The molecular weight excluding hydrogens is 262 g/mol. The van der Waals surface area contributed by atoms with Crippen LogP contribution in [0.15, 0.2) is 29.2 Å². The van der Waals surface area contributed by atoms with E-state index in [1.165, 1.54) is 25.5 Å². The topological polar surface area (TPSA) is 57.6 Å². The van der Waals surface area contributed by atoms with Gasteiger partial charge in [0.15, 0.2) is 9.84 Å². The van der Waals surface area contributed by atoms with Crippen LogP contribution >= 0.6 is 0 Å². The number of hydrogen-bond acceptors (Lipinski definition) is 4. The lowest BCUT2D eigenvalue weighted by molar-refractivity contribution is 0.0776. The van der Waals surface area contributed by atoms with Crippen molar-refractivity contribution >= 4 is 9.84 Å². The molecule has 4 nitrogen and oxygen atoms in total. The van der Waals surface area contributed by atoms with E-state index in [0.29, 0.717) is 12.6 Å². The van der Waals surface area contributed by atoms with Crippen LogP contribution in [0.1, 0.15) is 30.9 Å². The minimum Gasteiger partial charge on any atom is -0.387 e. The summed E-state index contributed by atoms with van der Waals surface area (Å²) >= 11 is 0. The number of sulfone groups is 1. The molecule has 1 atom stereocenters. The number of hydrogen-bond donors (Lipinski definition) is 1. The molecular formula is C14H21NO3S. The Hall–Kier alpha value is -0.910. The van der Waals surface area contributed by atoms with Crippen molar-refractivity contribution in [2.45, 2.75) is 36.3 Å². The first kappa shape index (κ1) is 14.5. The Labute approximate surface area is 115 Å². The smallest absolute Gasteiger partial charge is 0.175 e. The minimum absolute atomic E-state index is 0.288. The molecule has 1 aromatic rings. The molecule has 0 saturated heterocycles. The van der Waals surface area contributed by atoms with Crippen molar-refractivity contribution in [3.63, 3.8) is 0 Å². The van der Waals surface area contributed by atoms with E-state index in [-0.39, 0.29) is 4.90 Å². The molecule has 0 amide bonds. The Kier molecular flexibility index (Phi) is 4.28. The Morgan fingerprint density at radius 2 is 1.89 bits per heavy atom. The summed E-state index contributed by atoms with van der Waals surface area (Å²) < 4.78 is 22.7. The molecule has 2 rings (SSSR count). The first-order valence-electron chi connectivity index (χ1n) is 6.56. The van der Waals surface area contributed by atoms with E-state index in [1.807, 2.05) is 7.05 Å². The van der Waals surface area contributed by atoms with E-state index in [2.05, 4.69) is 4.90 Å². The van der Waals surface area contributed by atoms with Crippen LogP contribution in [0.5, 0.6) is 0 Å². The summed E-state index contributed by atoms with van der Waals surface area (Å²) in [6.07, 6.45) is 4.29. The van der Waals surface area contributed by atoms with E-state index in [9.17, 15) is 13.5 Å². The molecule has 0 aromatic heterocycles. The van der Waals surface area contributed by atoms with Crippen molar-refractivity contribution in [2.75, 3.05) is 19.8 Å². The summed E-state index contributed by atoms with van der Waals surface area (Å²) in [6.45, 7) is 0.586. The standard InChI is InChI=1S/C14H21NO3S/c1-15(12-4-3-5-12)10-14(16)11-6-8-13(9-7-11)19(2,17)18/h6-9,12,14,16H,3-5,10H2,1-2H3. The van der Waals surface area contributed by atoms with Crippen molar-refractivity contribution < 1.29 is 13.5 Å². The fourth-order valence-electron chi connectivity index (χ4n) is 2.29. The van der Waals surface area contributed by atoms with Crippen molar-refractivity contribution in [1.29, 1.82) is 0 Å². The molecule has 0 spiro atoms. The average Bonchev–Trinajstić information content (AvgIpc) is 2.25. The van der Waals surface area contributed by atoms with Gasteiger partial charge in [-0.15, -0.1) is 0 Å². The lowest BCUT2D eigenvalue weighted by Gasteiger charge is -2.35. The first-order valence-corrected chi connectivity index (χ1v) is 8.45. The van der Waals surface area contributed by atoms with Gasteiger partial charge in [-0.2, -0.15) is 0 Å². The molecule has 1 aliphatic rings. The number of likely N-dealkylation sites (N-methyl/N-ethyl adjacent to an activating group) is 1. The normalized spacial score (nSPS) is 18.3. The zero-order valence-electron chi connectivity index (χ0n) is 11.4. The molecule has 0 radical (unpaired) electrons. The van der Waals surface area contributed by atoms with Crippen molar-refractivity contribution in [3.8, 4) is 0 Å². The number of aliphatic hydroxyl groups is 1. The van der Waals surface area contributed by atoms with Gasteiger partial charge in [-0.3, -0.25) is 0 Å². The van der Waals surface area contributed by atoms with Crippen LogP contribution in [0.4, 0.5) is 0 Å². The van der Waals surface area contributed by atoms with Crippen molar-refractivity contribution in [3.05, 3.63) is 29.8 Å². The third kappa shape index (κ3) is 3.55. The quantitative estimate of drug-likeness (QED) is 0.892. The highest BCUT2D eigenvalue weighted by atomic mass is 32.2. The molecule has 1 fully saturated rings. The van der Waals surface area contributed by atoms with Crippen LogP contribution in [0, 0.1) is 0 Å².